The van der Waals surface area contributed by atoms with Gasteiger partial charge in [0.2, 0.25) is 0 Å². The maximum atomic E-state index is 11.9. The number of likely N-dealkylation sites (tertiary alicyclic amines) is 1. The van der Waals surface area contributed by atoms with Crippen molar-refractivity contribution in [1.29, 1.82) is 0 Å². The van der Waals surface area contributed by atoms with Crippen molar-refractivity contribution in [2.45, 2.75) is 51.2 Å². The molecule has 1 unspecified atom stereocenters. The third kappa shape index (κ3) is 2.36. The van der Waals surface area contributed by atoms with Crippen LogP contribution in [0.5, 0.6) is 0 Å². The van der Waals surface area contributed by atoms with Gasteiger partial charge in [0, 0.05) is 13.1 Å². The summed E-state index contributed by atoms with van der Waals surface area (Å²) in [6.07, 6.45) is 4.88. The van der Waals surface area contributed by atoms with E-state index in [0.717, 1.165) is 32.4 Å². The molecule has 1 amide bonds. The van der Waals surface area contributed by atoms with Gasteiger partial charge in [-0.3, -0.25) is 4.99 Å². The molecule has 1 fully saturated rings. The monoisotopic (exact) mass is 224 g/mol. The van der Waals surface area contributed by atoms with Crippen LogP contribution in [0, 0.1) is 0 Å². The number of carbonyl (C=O) groups excluding carboxylic acids is 1. The summed E-state index contributed by atoms with van der Waals surface area (Å²) >= 11 is 0. The van der Waals surface area contributed by atoms with E-state index in [-0.39, 0.29) is 11.6 Å². The number of nitrogens with zero attached hydrogens (tertiary/aromatic N) is 2. The van der Waals surface area contributed by atoms with Crippen LogP contribution >= 0.6 is 0 Å². The van der Waals surface area contributed by atoms with Crippen LogP contribution in [-0.2, 0) is 4.74 Å². The number of carbonyl (C=O) groups is 1. The van der Waals surface area contributed by atoms with Gasteiger partial charge in [-0.2, -0.15) is 0 Å². The van der Waals surface area contributed by atoms with Gasteiger partial charge in [0.1, 0.15) is 5.60 Å². The Morgan fingerprint density at radius 1 is 1.44 bits per heavy atom. The highest BCUT2D eigenvalue weighted by molar-refractivity contribution is 5.69. The van der Waals surface area contributed by atoms with Gasteiger partial charge in [-0.05, 0) is 46.2 Å². The lowest BCUT2D eigenvalue weighted by Crippen LogP contribution is -2.37. The fraction of sp³-hybridized carbons (Fsp3) is 0.833. The molecule has 1 atom stereocenters. The van der Waals surface area contributed by atoms with Crippen LogP contribution in [0.2, 0.25) is 0 Å². The molecule has 4 nitrogen and oxygen atoms in total. The molecule has 90 valence electrons. The summed E-state index contributed by atoms with van der Waals surface area (Å²) in [5.74, 6) is 0. The Kier molecular flexibility index (Phi) is 2.68. The van der Waals surface area contributed by atoms with E-state index in [1.807, 2.05) is 27.0 Å². The van der Waals surface area contributed by atoms with Crippen LogP contribution in [0.3, 0.4) is 0 Å². The molecule has 0 N–H and O–H groups in total. The van der Waals surface area contributed by atoms with Crippen LogP contribution in [0.4, 0.5) is 4.79 Å². The first-order valence-corrected chi connectivity index (χ1v) is 5.92. The zero-order chi connectivity index (χ0) is 11.8. The van der Waals surface area contributed by atoms with Crippen molar-refractivity contribution >= 4 is 12.3 Å². The van der Waals surface area contributed by atoms with E-state index in [1.165, 1.54) is 0 Å². The summed E-state index contributed by atoms with van der Waals surface area (Å²) < 4.78 is 5.36. The van der Waals surface area contributed by atoms with Gasteiger partial charge < -0.3 is 9.64 Å². The normalized spacial score (nSPS) is 29.1. The van der Waals surface area contributed by atoms with Crippen molar-refractivity contribution in [3.05, 3.63) is 0 Å². The lowest BCUT2D eigenvalue weighted by atomic mass is 9.97. The first kappa shape index (κ1) is 11.4. The van der Waals surface area contributed by atoms with Crippen molar-refractivity contribution in [2.75, 3.05) is 13.1 Å². The Bertz CT molecular complexity index is 319. The second kappa shape index (κ2) is 3.75. The number of hydrogen-bond donors (Lipinski definition) is 0. The third-order valence-corrected chi connectivity index (χ3v) is 3.09. The van der Waals surface area contributed by atoms with E-state index in [2.05, 4.69) is 4.99 Å². The van der Waals surface area contributed by atoms with Crippen LogP contribution in [0.15, 0.2) is 4.99 Å². The van der Waals surface area contributed by atoms with Gasteiger partial charge in [0.05, 0.1) is 5.54 Å². The predicted octanol–water partition coefficient (Wildman–Crippen LogP) is 2.23. The first-order chi connectivity index (χ1) is 7.40. The van der Waals surface area contributed by atoms with Crippen LogP contribution < -0.4 is 0 Å². The van der Waals surface area contributed by atoms with Gasteiger partial charge in [-0.15, -0.1) is 0 Å². The number of aliphatic imine (C=N–C) groups is 1. The van der Waals surface area contributed by atoms with E-state index in [4.69, 9.17) is 4.74 Å². The number of hydrogen-bond acceptors (Lipinski definition) is 3. The molecule has 2 rings (SSSR count). The Hall–Kier alpha value is -1.06. The summed E-state index contributed by atoms with van der Waals surface area (Å²) in [5, 5.41) is 0. The Morgan fingerprint density at radius 3 is 2.75 bits per heavy atom. The molecular weight excluding hydrogens is 204 g/mol. The van der Waals surface area contributed by atoms with Crippen LogP contribution in [0.1, 0.15) is 40.0 Å². The first-order valence-electron chi connectivity index (χ1n) is 5.92. The molecule has 0 aromatic rings. The summed E-state index contributed by atoms with van der Waals surface area (Å²) in [7, 11) is 0. The molecule has 0 bridgehead atoms. The largest absolute Gasteiger partial charge is 0.444 e. The maximum Gasteiger partial charge on any atom is 0.410 e. The molecule has 0 aliphatic carbocycles. The molecule has 0 aromatic carbocycles. The molecule has 16 heavy (non-hydrogen) atoms. The predicted molar refractivity (Wildman–Crippen MR) is 62.9 cm³/mol. The molecule has 1 spiro atoms. The zero-order valence-corrected chi connectivity index (χ0v) is 10.3. The van der Waals surface area contributed by atoms with Gasteiger partial charge in [-0.1, -0.05) is 0 Å². The highest BCUT2D eigenvalue weighted by atomic mass is 16.6. The lowest BCUT2D eigenvalue weighted by molar-refractivity contribution is 0.0285. The number of ether oxygens (including phenoxy) is 1. The van der Waals surface area contributed by atoms with Gasteiger partial charge >= 0.3 is 6.09 Å². The SMILES string of the molecule is CC(C)(C)OC(=O)N1CCC2(CCC=N2)C1. The zero-order valence-electron chi connectivity index (χ0n) is 10.3. The Labute approximate surface area is 96.7 Å². The Balaban J connectivity index is 1.93. The summed E-state index contributed by atoms with van der Waals surface area (Å²) in [5.41, 5.74) is -0.400. The van der Waals surface area contributed by atoms with E-state index >= 15 is 0 Å². The van der Waals surface area contributed by atoms with E-state index < -0.39 is 5.60 Å². The molecule has 0 saturated carbocycles. The fourth-order valence-electron chi connectivity index (χ4n) is 2.30. The number of rotatable bonds is 0. The quantitative estimate of drug-likeness (QED) is 0.633. The maximum absolute atomic E-state index is 11.9. The topological polar surface area (TPSA) is 41.9 Å². The molecule has 0 radical (unpaired) electrons. The van der Waals surface area contributed by atoms with E-state index in [9.17, 15) is 4.79 Å². The summed E-state index contributed by atoms with van der Waals surface area (Å²) in [6.45, 7) is 7.17. The van der Waals surface area contributed by atoms with Crippen molar-refractivity contribution in [3.63, 3.8) is 0 Å². The van der Waals surface area contributed by atoms with Gasteiger partial charge in [-0.25, -0.2) is 4.79 Å². The van der Waals surface area contributed by atoms with Crippen molar-refractivity contribution in [1.82, 2.24) is 4.90 Å². The molecule has 4 heteroatoms. The van der Waals surface area contributed by atoms with Gasteiger partial charge in [0.15, 0.2) is 0 Å². The summed E-state index contributed by atoms with van der Waals surface area (Å²) in [6, 6.07) is 0. The highest BCUT2D eigenvalue weighted by Crippen LogP contribution is 2.33. The second-order valence-electron chi connectivity index (χ2n) is 5.73. The second-order valence-corrected chi connectivity index (χ2v) is 5.73. The molecular formula is C12H20N2O2. The molecule has 2 aliphatic rings. The molecule has 0 aromatic heterocycles. The minimum Gasteiger partial charge on any atom is -0.444 e. The van der Waals surface area contributed by atoms with Crippen LogP contribution in [-0.4, -0.2) is 41.4 Å². The van der Waals surface area contributed by atoms with Crippen LogP contribution in [0.25, 0.3) is 0 Å². The van der Waals surface area contributed by atoms with Crippen molar-refractivity contribution in [2.24, 2.45) is 4.99 Å². The fourth-order valence-corrected chi connectivity index (χ4v) is 2.30. The minimum absolute atomic E-state index is 0.0108. The summed E-state index contributed by atoms with van der Waals surface area (Å²) in [4.78, 5) is 18.2. The van der Waals surface area contributed by atoms with E-state index in [1.54, 1.807) is 4.90 Å². The number of amides is 1. The Morgan fingerprint density at radius 2 is 2.19 bits per heavy atom. The molecule has 1 saturated heterocycles. The smallest absolute Gasteiger partial charge is 0.410 e. The van der Waals surface area contributed by atoms with Gasteiger partial charge in [0.25, 0.3) is 0 Å². The van der Waals surface area contributed by atoms with Crippen molar-refractivity contribution < 1.29 is 9.53 Å². The third-order valence-electron chi connectivity index (χ3n) is 3.09. The average Bonchev–Trinajstić information content (AvgIpc) is 2.74. The standard InChI is InChI=1S/C12H20N2O2/c1-11(2,3)16-10(15)14-8-6-12(9-14)5-4-7-13-12/h7H,4-6,8-9H2,1-3H3. The van der Waals surface area contributed by atoms with Crippen molar-refractivity contribution in [3.8, 4) is 0 Å². The average molecular weight is 224 g/mol. The lowest BCUT2D eigenvalue weighted by Gasteiger charge is -2.25. The molecule has 2 aliphatic heterocycles. The van der Waals surface area contributed by atoms with E-state index in [0.29, 0.717) is 0 Å². The molecule has 2 heterocycles. The minimum atomic E-state index is -0.411. The highest BCUT2D eigenvalue weighted by Gasteiger charge is 2.41.